The minimum Gasteiger partial charge on any atom is -0.489 e. The summed E-state index contributed by atoms with van der Waals surface area (Å²) >= 11 is 0. The number of hydrogen-bond acceptors (Lipinski definition) is 6. The summed E-state index contributed by atoms with van der Waals surface area (Å²) < 4.78 is 11.7. The molecule has 0 unspecified atom stereocenters. The molecular formula is C33H29N3O6. The summed E-state index contributed by atoms with van der Waals surface area (Å²) in [5.41, 5.74) is 6.71. The van der Waals surface area contributed by atoms with E-state index in [1.54, 1.807) is 24.3 Å². The third-order valence-electron chi connectivity index (χ3n) is 7.50. The number of H-pyrrole nitrogens is 1. The van der Waals surface area contributed by atoms with Gasteiger partial charge in [-0.15, -0.1) is 4.74 Å². The van der Waals surface area contributed by atoms with Gasteiger partial charge in [-0.3, -0.25) is 4.79 Å². The smallest absolute Gasteiger partial charge is 0.440 e. The zero-order chi connectivity index (χ0) is 29.2. The van der Waals surface area contributed by atoms with E-state index in [-0.39, 0.29) is 12.5 Å². The van der Waals surface area contributed by atoms with Crippen LogP contribution in [0.15, 0.2) is 105 Å². The fraction of sp³-hybridized carbons (Fsp3) is 0.182. The first-order valence-electron chi connectivity index (χ1n) is 13.6. The largest absolute Gasteiger partial charge is 0.489 e. The molecule has 0 radical (unpaired) electrons. The van der Waals surface area contributed by atoms with Gasteiger partial charge in [0.15, 0.2) is 0 Å². The first-order chi connectivity index (χ1) is 20.3. The lowest BCUT2D eigenvalue weighted by atomic mass is 9.96. The summed E-state index contributed by atoms with van der Waals surface area (Å²) in [5.74, 6) is -0.345. The molecule has 1 amide bonds. The standard InChI is InChI=1S/C33H29N3O6/c1-20-15-25(31(38)34-30-28-8-3-2-6-24(28)17-29(30)37)11-14-27(20)23-7-4-5-22(16-23)19-41-26-12-9-21(10-13-26)18-36-32(39)35-33(40)42-36/h2-16,29-30,37H,17-19H2,1H3,(H,34,38)(H,35,39,40)/t29-,30+/m0/s1. The first-order valence-corrected chi connectivity index (χ1v) is 13.6. The number of aromatic nitrogens is 2. The second-order valence-corrected chi connectivity index (χ2v) is 10.4. The molecule has 0 saturated heterocycles. The summed E-state index contributed by atoms with van der Waals surface area (Å²) in [4.78, 5) is 38.0. The third-order valence-corrected chi connectivity index (χ3v) is 7.50. The normalized spacial score (nSPS) is 15.8. The molecule has 42 heavy (non-hydrogen) atoms. The van der Waals surface area contributed by atoms with Crippen LogP contribution in [0.5, 0.6) is 5.75 Å². The summed E-state index contributed by atoms with van der Waals surface area (Å²) in [5, 5.41) is 13.5. The summed E-state index contributed by atoms with van der Waals surface area (Å²) in [6, 6.07) is 28.2. The maximum Gasteiger partial charge on any atom is 0.440 e. The Labute approximate surface area is 241 Å². The van der Waals surface area contributed by atoms with Crippen LogP contribution in [0.4, 0.5) is 0 Å². The number of nitrogens with one attached hydrogen (secondary N) is 2. The number of aromatic amines is 1. The van der Waals surface area contributed by atoms with Gasteiger partial charge in [-0.2, -0.15) is 0 Å². The Morgan fingerprint density at radius 3 is 2.57 bits per heavy atom. The molecule has 4 aromatic carbocycles. The number of carbonyl (C=O) groups is 1. The molecule has 1 aliphatic carbocycles. The van der Waals surface area contributed by atoms with Gasteiger partial charge >= 0.3 is 11.4 Å². The summed E-state index contributed by atoms with van der Waals surface area (Å²) in [6.45, 7) is 2.46. The molecule has 5 aromatic rings. The number of nitrogens with zero attached hydrogens (tertiary/aromatic N) is 1. The predicted octanol–water partition coefficient (Wildman–Crippen LogP) is 4.12. The molecule has 2 atom stereocenters. The molecule has 6 rings (SSSR count). The van der Waals surface area contributed by atoms with E-state index in [0.29, 0.717) is 24.3 Å². The van der Waals surface area contributed by atoms with Gasteiger partial charge in [-0.25, -0.2) is 14.6 Å². The zero-order valence-electron chi connectivity index (χ0n) is 22.9. The Kier molecular flexibility index (Phi) is 7.33. The van der Waals surface area contributed by atoms with Gasteiger partial charge in [0.25, 0.3) is 5.91 Å². The number of rotatable bonds is 8. The number of aryl methyl sites for hydroxylation is 1. The fourth-order valence-electron chi connectivity index (χ4n) is 5.37. The van der Waals surface area contributed by atoms with Gasteiger partial charge in [0.1, 0.15) is 12.4 Å². The minimum atomic E-state index is -0.787. The molecule has 9 nitrogen and oxygen atoms in total. The molecule has 0 fully saturated rings. The maximum atomic E-state index is 13.1. The average molecular weight is 564 g/mol. The Morgan fingerprint density at radius 2 is 1.81 bits per heavy atom. The lowest BCUT2D eigenvalue weighted by molar-refractivity contribution is 0.0858. The highest BCUT2D eigenvalue weighted by Gasteiger charge is 2.32. The number of ether oxygens (including phenoxy) is 1. The van der Waals surface area contributed by atoms with Crippen LogP contribution in [-0.2, 0) is 19.6 Å². The van der Waals surface area contributed by atoms with E-state index in [1.807, 2.05) is 67.6 Å². The molecule has 0 bridgehead atoms. The number of fused-ring (bicyclic) bond motifs is 1. The van der Waals surface area contributed by atoms with Crippen molar-refractivity contribution in [3.8, 4) is 16.9 Å². The number of aliphatic hydroxyl groups is 1. The van der Waals surface area contributed by atoms with Crippen molar-refractivity contribution in [1.29, 1.82) is 0 Å². The third kappa shape index (κ3) is 5.68. The monoisotopic (exact) mass is 563 g/mol. The van der Waals surface area contributed by atoms with Gasteiger partial charge in [0.05, 0.1) is 18.7 Å². The lowest BCUT2D eigenvalue weighted by Gasteiger charge is -2.18. The van der Waals surface area contributed by atoms with E-state index in [1.165, 1.54) is 0 Å². The molecule has 1 heterocycles. The van der Waals surface area contributed by atoms with Crippen LogP contribution in [0.25, 0.3) is 11.1 Å². The van der Waals surface area contributed by atoms with E-state index in [4.69, 9.17) is 9.26 Å². The second kappa shape index (κ2) is 11.4. The van der Waals surface area contributed by atoms with Crippen LogP contribution in [0.2, 0.25) is 0 Å². The highest BCUT2D eigenvalue weighted by molar-refractivity contribution is 5.95. The molecule has 9 heteroatoms. The van der Waals surface area contributed by atoms with Crippen molar-refractivity contribution in [2.45, 2.75) is 38.6 Å². The zero-order valence-corrected chi connectivity index (χ0v) is 22.9. The number of hydrogen-bond donors (Lipinski definition) is 3. The van der Waals surface area contributed by atoms with E-state index in [9.17, 15) is 19.5 Å². The van der Waals surface area contributed by atoms with E-state index in [0.717, 1.165) is 43.7 Å². The Morgan fingerprint density at radius 1 is 1.00 bits per heavy atom. The highest BCUT2D eigenvalue weighted by Crippen LogP contribution is 2.32. The number of benzene rings is 4. The molecular weight excluding hydrogens is 534 g/mol. The summed E-state index contributed by atoms with van der Waals surface area (Å²) in [6.07, 6.45) is -0.115. The van der Waals surface area contributed by atoms with Crippen LogP contribution in [-0.4, -0.2) is 26.8 Å². The molecule has 1 aromatic heterocycles. The van der Waals surface area contributed by atoms with Crippen LogP contribution >= 0.6 is 0 Å². The van der Waals surface area contributed by atoms with Gasteiger partial charge in [-0.05, 0) is 76.2 Å². The topological polar surface area (TPSA) is 127 Å². The summed E-state index contributed by atoms with van der Waals surface area (Å²) in [7, 11) is 0. The average Bonchev–Trinajstić information content (AvgIpc) is 3.48. The Bertz CT molecular complexity index is 1870. The SMILES string of the molecule is Cc1cc(C(=O)N[C@@H]2c3ccccc3C[C@@H]2O)ccc1-c1cccc(COc2ccc(Cn3oc(=O)[nH]c3=O)cc2)c1. The van der Waals surface area contributed by atoms with Crippen LogP contribution < -0.4 is 21.5 Å². The van der Waals surface area contributed by atoms with E-state index < -0.39 is 23.6 Å². The van der Waals surface area contributed by atoms with Crippen molar-refractivity contribution in [3.63, 3.8) is 0 Å². The predicted molar refractivity (Wildman–Crippen MR) is 156 cm³/mol. The molecule has 0 spiro atoms. The van der Waals surface area contributed by atoms with Gasteiger partial charge in [0.2, 0.25) is 0 Å². The van der Waals surface area contributed by atoms with Crippen molar-refractivity contribution in [2.24, 2.45) is 0 Å². The van der Waals surface area contributed by atoms with E-state index in [2.05, 4.69) is 16.4 Å². The van der Waals surface area contributed by atoms with Gasteiger partial charge in [0, 0.05) is 12.0 Å². The Balaban J connectivity index is 1.10. The van der Waals surface area contributed by atoms with Crippen LogP contribution in [0, 0.1) is 6.92 Å². The number of aliphatic hydroxyl groups excluding tert-OH is 1. The van der Waals surface area contributed by atoms with Crippen molar-refractivity contribution in [1.82, 2.24) is 15.0 Å². The Hall–Kier alpha value is -5.15. The molecule has 3 N–H and O–H groups in total. The minimum absolute atomic E-state index is 0.135. The maximum absolute atomic E-state index is 13.1. The molecule has 212 valence electrons. The highest BCUT2D eigenvalue weighted by atomic mass is 16.5. The quantitative estimate of drug-likeness (QED) is 0.261. The van der Waals surface area contributed by atoms with Crippen molar-refractivity contribution >= 4 is 5.91 Å². The van der Waals surface area contributed by atoms with Crippen LogP contribution in [0.1, 0.15) is 44.2 Å². The number of amides is 1. The molecule has 0 aliphatic heterocycles. The fourth-order valence-corrected chi connectivity index (χ4v) is 5.37. The van der Waals surface area contributed by atoms with Crippen molar-refractivity contribution in [2.75, 3.05) is 0 Å². The number of carbonyl (C=O) groups excluding carboxylic acids is 1. The van der Waals surface area contributed by atoms with Gasteiger partial charge in [-0.1, -0.05) is 60.7 Å². The molecule has 1 aliphatic rings. The van der Waals surface area contributed by atoms with Gasteiger partial charge < -0.3 is 19.7 Å². The van der Waals surface area contributed by atoms with Crippen molar-refractivity contribution < 1.29 is 19.2 Å². The molecule has 0 saturated carbocycles. The van der Waals surface area contributed by atoms with Crippen LogP contribution in [0.3, 0.4) is 0 Å². The van der Waals surface area contributed by atoms with E-state index >= 15 is 0 Å². The van der Waals surface area contributed by atoms with Crippen molar-refractivity contribution in [3.05, 3.63) is 145 Å². The lowest BCUT2D eigenvalue weighted by Crippen LogP contribution is -2.33. The second-order valence-electron chi connectivity index (χ2n) is 10.4. The first kappa shape index (κ1) is 27.0.